The van der Waals surface area contributed by atoms with Crippen molar-refractivity contribution in [2.24, 2.45) is 0 Å². The van der Waals surface area contributed by atoms with E-state index < -0.39 is 34.1 Å². The number of piperidine rings is 1. The fourth-order valence-electron chi connectivity index (χ4n) is 5.04. The van der Waals surface area contributed by atoms with Crippen LogP contribution in [0.15, 0.2) is 42.5 Å². The summed E-state index contributed by atoms with van der Waals surface area (Å²) in [5, 5.41) is 13.9. The van der Waals surface area contributed by atoms with Gasteiger partial charge in [0.15, 0.2) is 0 Å². The van der Waals surface area contributed by atoms with Gasteiger partial charge in [0.05, 0.1) is 10.5 Å². The topological polar surface area (TPSA) is 82.0 Å². The first-order valence-electron chi connectivity index (χ1n) is 12.9. The van der Waals surface area contributed by atoms with E-state index in [1.165, 1.54) is 12.1 Å². The Bertz CT molecular complexity index is 1210. The molecule has 2 aromatic carbocycles. The van der Waals surface area contributed by atoms with Gasteiger partial charge in [0, 0.05) is 75.7 Å². The van der Waals surface area contributed by atoms with E-state index in [9.17, 15) is 41.3 Å². The van der Waals surface area contributed by atoms with Crippen LogP contribution < -0.4 is 10.2 Å². The van der Waals surface area contributed by atoms with E-state index in [0.29, 0.717) is 70.8 Å². The maximum atomic E-state index is 13.2. The molecule has 0 radical (unpaired) electrons. The van der Waals surface area contributed by atoms with Crippen molar-refractivity contribution in [2.45, 2.75) is 37.7 Å². The number of benzene rings is 2. The van der Waals surface area contributed by atoms with Crippen molar-refractivity contribution in [3.8, 4) is 0 Å². The molecule has 0 unspecified atom stereocenters. The monoisotopic (exact) mass is 573 g/mol. The maximum absolute atomic E-state index is 13.2. The third kappa shape index (κ3) is 7.34. The summed E-state index contributed by atoms with van der Waals surface area (Å²) in [7, 11) is 0. The molecule has 2 saturated heterocycles. The van der Waals surface area contributed by atoms with Gasteiger partial charge in [0.1, 0.15) is 5.56 Å². The first kappa shape index (κ1) is 29.4. The summed E-state index contributed by atoms with van der Waals surface area (Å²) in [6.45, 7) is 3.71. The van der Waals surface area contributed by atoms with Gasteiger partial charge in [-0.3, -0.25) is 19.8 Å². The number of nitro benzene ring substituents is 1. The molecule has 2 fully saturated rings. The first-order chi connectivity index (χ1) is 18.8. The summed E-state index contributed by atoms with van der Waals surface area (Å²) in [4.78, 5) is 28.4. The van der Waals surface area contributed by atoms with Crippen molar-refractivity contribution in [1.82, 2.24) is 9.80 Å². The lowest BCUT2D eigenvalue weighted by molar-refractivity contribution is -0.388. The Morgan fingerprint density at radius 2 is 1.60 bits per heavy atom. The summed E-state index contributed by atoms with van der Waals surface area (Å²) in [5.74, 6) is -0.0338. The van der Waals surface area contributed by atoms with Gasteiger partial charge in [-0.1, -0.05) is 6.07 Å². The Labute approximate surface area is 226 Å². The molecule has 2 aliphatic heterocycles. The molecule has 40 heavy (non-hydrogen) atoms. The van der Waals surface area contributed by atoms with Gasteiger partial charge >= 0.3 is 12.4 Å². The summed E-state index contributed by atoms with van der Waals surface area (Å²) in [5.41, 5.74) is -2.35. The van der Waals surface area contributed by atoms with Crippen LogP contribution in [0.5, 0.6) is 0 Å². The van der Waals surface area contributed by atoms with Crippen LogP contribution in [-0.2, 0) is 17.1 Å². The SMILES string of the molecule is O=C(CCN1CCN(c2cccc(C(F)(F)F)c2)CC1)N1CCC(Nc2ccc([N+](=O)[O-])c(C(F)(F)F)c2)CC1. The highest BCUT2D eigenvalue weighted by Gasteiger charge is 2.38. The predicted octanol–water partition coefficient (Wildman–Crippen LogP) is 5.25. The molecule has 218 valence electrons. The summed E-state index contributed by atoms with van der Waals surface area (Å²) in [6.07, 6.45) is -7.94. The van der Waals surface area contributed by atoms with Crippen LogP contribution in [0.4, 0.5) is 43.4 Å². The van der Waals surface area contributed by atoms with Crippen molar-refractivity contribution in [3.05, 3.63) is 63.7 Å². The average molecular weight is 574 g/mol. The largest absolute Gasteiger partial charge is 0.423 e. The van der Waals surface area contributed by atoms with Crippen LogP contribution in [0, 0.1) is 10.1 Å². The number of carbonyl (C=O) groups is 1. The number of alkyl halides is 6. The molecule has 2 aromatic rings. The van der Waals surface area contributed by atoms with E-state index in [0.717, 1.165) is 24.3 Å². The zero-order valence-electron chi connectivity index (χ0n) is 21.5. The molecular formula is C26H29F6N5O3. The average Bonchev–Trinajstić information content (AvgIpc) is 2.91. The van der Waals surface area contributed by atoms with Gasteiger partial charge in [-0.25, -0.2) is 0 Å². The molecule has 0 saturated carbocycles. The molecule has 4 rings (SSSR count). The van der Waals surface area contributed by atoms with Gasteiger partial charge in [0.2, 0.25) is 5.91 Å². The smallest absolute Gasteiger partial charge is 0.382 e. The number of carbonyl (C=O) groups excluding carboxylic acids is 1. The summed E-state index contributed by atoms with van der Waals surface area (Å²) >= 11 is 0. The third-order valence-corrected chi connectivity index (χ3v) is 7.27. The number of piperazine rings is 1. The van der Waals surface area contributed by atoms with Crippen molar-refractivity contribution >= 4 is 23.0 Å². The normalized spacial score (nSPS) is 17.6. The maximum Gasteiger partial charge on any atom is 0.423 e. The Morgan fingerprint density at radius 1 is 0.925 bits per heavy atom. The highest BCUT2D eigenvalue weighted by molar-refractivity contribution is 5.76. The van der Waals surface area contributed by atoms with Crippen molar-refractivity contribution < 1.29 is 36.1 Å². The number of likely N-dealkylation sites (tertiary alicyclic amines) is 1. The van der Waals surface area contributed by atoms with Gasteiger partial charge in [-0.05, 0) is 43.2 Å². The van der Waals surface area contributed by atoms with Crippen LogP contribution in [0.25, 0.3) is 0 Å². The minimum absolute atomic E-state index is 0.0338. The van der Waals surface area contributed by atoms with Gasteiger partial charge < -0.3 is 15.1 Å². The fourth-order valence-corrected chi connectivity index (χ4v) is 5.04. The second-order valence-electron chi connectivity index (χ2n) is 9.91. The number of nitro groups is 1. The van der Waals surface area contributed by atoms with Crippen LogP contribution in [0.3, 0.4) is 0 Å². The number of nitrogens with one attached hydrogen (secondary N) is 1. The number of amides is 1. The van der Waals surface area contributed by atoms with Gasteiger partial charge in [0.25, 0.3) is 5.69 Å². The molecular weight excluding hydrogens is 544 g/mol. The molecule has 2 aliphatic rings. The van der Waals surface area contributed by atoms with Gasteiger partial charge in [-0.2, -0.15) is 26.3 Å². The molecule has 8 nitrogen and oxygen atoms in total. The molecule has 2 heterocycles. The van der Waals surface area contributed by atoms with E-state index in [2.05, 4.69) is 10.2 Å². The molecule has 0 aromatic heterocycles. The van der Waals surface area contributed by atoms with Crippen LogP contribution in [-0.4, -0.2) is 72.5 Å². The minimum Gasteiger partial charge on any atom is -0.382 e. The number of nitrogens with zero attached hydrogens (tertiary/aromatic N) is 4. The lowest BCUT2D eigenvalue weighted by Crippen LogP contribution is -2.48. The zero-order chi connectivity index (χ0) is 29.1. The Morgan fingerprint density at radius 3 is 2.20 bits per heavy atom. The molecule has 1 amide bonds. The lowest BCUT2D eigenvalue weighted by Gasteiger charge is -2.37. The fraction of sp³-hybridized carbons (Fsp3) is 0.500. The zero-order valence-corrected chi connectivity index (χ0v) is 21.5. The molecule has 14 heteroatoms. The summed E-state index contributed by atoms with van der Waals surface area (Å²) in [6, 6.07) is 7.88. The van der Waals surface area contributed by atoms with Crippen molar-refractivity contribution in [2.75, 3.05) is 56.0 Å². The molecule has 0 aliphatic carbocycles. The van der Waals surface area contributed by atoms with Crippen LogP contribution >= 0.6 is 0 Å². The van der Waals surface area contributed by atoms with Gasteiger partial charge in [-0.15, -0.1) is 0 Å². The molecule has 0 atom stereocenters. The van der Waals surface area contributed by atoms with Crippen LogP contribution in [0.1, 0.15) is 30.4 Å². The van der Waals surface area contributed by atoms with E-state index >= 15 is 0 Å². The number of hydrogen-bond donors (Lipinski definition) is 1. The van der Waals surface area contributed by atoms with Crippen molar-refractivity contribution in [1.29, 1.82) is 0 Å². The Balaban J connectivity index is 1.21. The van der Waals surface area contributed by atoms with E-state index in [1.807, 2.05) is 4.90 Å². The Kier molecular flexibility index (Phi) is 8.76. The predicted molar refractivity (Wildman–Crippen MR) is 136 cm³/mol. The summed E-state index contributed by atoms with van der Waals surface area (Å²) < 4.78 is 78.8. The van der Waals surface area contributed by atoms with Crippen LogP contribution in [0.2, 0.25) is 0 Å². The highest BCUT2D eigenvalue weighted by atomic mass is 19.4. The van der Waals surface area contributed by atoms with E-state index in [4.69, 9.17) is 0 Å². The van der Waals surface area contributed by atoms with Crippen molar-refractivity contribution in [3.63, 3.8) is 0 Å². The van der Waals surface area contributed by atoms with E-state index in [-0.39, 0.29) is 17.6 Å². The standard InChI is InChI=1S/C26H29F6N5O3/c27-25(28,29)18-2-1-3-21(16-18)35-14-12-34(13-15-35)9-8-24(38)36-10-6-19(7-11-36)33-20-4-5-23(37(39)40)22(17-20)26(30,31)32/h1-5,16-17,19,33H,6-15H2. The minimum atomic E-state index is -4.86. The highest BCUT2D eigenvalue weighted by Crippen LogP contribution is 2.38. The second kappa shape index (κ2) is 11.9. The number of hydrogen-bond acceptors (Lipinski definition) is 6. The second-order valence-corrected chi connectivity index (χ2v) is 9.91. The lowest BCUT2D eigenvalue weighted by atomic mass is 10.0. The third-order valence-electron chi connectivity index (χ3n) is 7.27. The first-order valence-corrected chi connectivity index (χ1v) is 12.9. The number of anilines is 2. The van der Waals surface area contributed by atoms with E-state index in [1.54, 1.807) is 11.0 Å². The molecule has 0 bridgehead atoms. The quantitative estimate of drug-likeness (QED) is 0.277. The Hall–Kier alpha value is -3.55. The number of rotatable bonds is 7. The molecule has 1 N–H and O–H groups in total. The molecule has 0 spiro atoms. The number of halogens is 6.